The van der Waals surface area contributed by atoms with Crippen LogP contribution >= 0.6 is 0 Å². The molecular weight excluding hydrogens is 302 g/mol. The summed E-state index contributed by atoms with van der Waals surface area (Å²) < 4.78 is 0. The zero-order chi connectivity index (χ0) is 16.5. The number of hydrogen-bond donors (Lipinski definition) is 2. The highest BCUT2D eigenvalue weighted by Crippen LogP contribution is 2.28. The maximum Gasteiger partial charge on any atom is 0.256 e. The van der Waals surface area contributed by atoms with Crippen LogP contribution in [0.1, 0.15) is 36.0 Å². The van der Waals surface area contributed by atoms with E-state index in [2.05, 4.69) is 10.3 Å². The van der Waals surface area contributed by atoms with Crippen molar-refractivity contribution in [2.75, 3.05) is 19.6 Å². The van der Waals surface area contributed by atoms with Gasteiger partial charge in [0.05, 0.1) is 17.0 Å². The van der Waals surface area contributed by atoms with Gasteiger partial charge in [0.15, 0.2) is 0 Å². The Hall–Kier alpha value is -2.30. The number of piperidine rings is 1. The van der Waals surface area contributed by atoms with Crippen molar-refractivity contribution in [1.82, 2.24) is 15.2 Å². The summed E-state index contributed by atoms with van der Waals surface area (Å²) in [5.41, 5.74) is 1.57. The molecule has 5 heteroatoms. The standard InChI is InChI=1S/C19H23N3O2/c23-18(21-11-13-6-7-13)15-4-2-10-22(12-15)19(24)16-5-1-3-14-8-9-20-17(14)16/h1,3,5,8-9,13,15,20H,2,4,6-7,10-12H2,(H,21,23)/t15-/m0/s1. The maximum atomic E-state index is 12.9. The number of H-pyrrole nitrogens is 1. The number of amides is 2. The second-order valence-corrected chi connectivity index (χ2v) is 7.03. The molecule has 4 rings (SSSR count). The van der Waals surface area contributed by atoms with Gasteiger partial charge in [-0.1, -0.05) is 12.1 Å². The Morgan fingerprint density at radius 1 is 1.21 bits per heavy atom. The van der Waals surface area contributed by atoms with E-state index < -0.39 is 0 Å². The summed E-state index contributed by atoms with van der Waals surface area (Å²) in [4.78, 5) is 30.3. The Labute approximate surface area is 141 Å². The SMILES string of the molecule is O=C(NCC1CC1)[C@H]1CCCN(C(=O)c2cccc3cc[nH]c23)C1. The topological polar surface area (TPSA) is 65.2 Å². The summed E-state index contributed by atoms with van der Waals surface area (Å²) in [6.07, 6.45) is 6.07. The second-order valence-electron chi connectivity index (χ2n) is 7.03. The first-order valence-electron chi connectivity index (χ1n) is 8.85. The quantitative estimate of drug-likeness (QED) is 0.907. The molecular formula is C19H23N3O2. The van der Waals surface area contributed by atoms with Crippen LogP contribution in [0.4, 0.5) is 0 Å². The monoisotopic (exact) mass is 325 g/mol. The Morgan fingerprint density at radius 2 is 2.08 bits per heavy atom. The van der Waals surface area contributed by atoms with Gasteiger partial charge < -0.3 is 15.2 Å². The summed E-state index contributed by atoms with van der Waals surface area (Å²) >= 11 is 0. The van der Waals surface area contributed by atoms with Crippen LogP contribution in [0.3, 0.4) is 0 Å². The van der Waals surface area contributed by atoms with Crippen molar-refractivity contribution in [1.29, 1.82) is 0 Å². The van der Waals surface area contributed by atoms with Crippen LogP contribution in [0.5, 0.6) is 0 Å². The number of carbonyl (C=O) groups excluding carboxylic acids is 2. The third kappa shape index (κ3) is 3.03. The molecule has 24 heavy (non-hydrogen) atoms. The van der Waals surface area contributed by atoms with Gasteiger partial charge in [0.25, 0.3) is 5.91 Å². The lowest BCUT2D eigenvalue weighted by atomic mass is 9.96. The summed E-state index contributed by atoms with van der Waals surface area (Å²) in [6.45, 7) is 2.04. The minimum atomic E-state index is -0.0794. The van der Waals surface area contributed by atoms with Gasteiger partial charge in [-0.25, -0.2) is 0 Å². The van der Waals surface area contributed by atoms with Crippen LogP contribution in [0.25, 0.3) is 10.9 Å². The predicted octanol–water partition coefficient (Wildman–Crippen LogP) is 2.55. The molecule has 2 amide bonds. The van der Waals surface area contributed by atoms with Gasteiger partial charge >= 0.3 is 0 Å². The van der Waals surface area contributed by atoms with E-state index in [1.165, 1.54) is 12.8 Å². The van der Waals surface area contributed by atoms with E-state index in [1.54, 1.807) is 0 Å². The molecule has 5 nitrogen and oxygen atoms in total. The summed E-state index contributed by atoms with van der Waals surface area (Å²) in [5, 5.41) is 4.09. The lowest BCUT2D eigenvalue weighted by molar-refractivity contribution is -0.126. The van der Waals surface area contributed by atoms with Crippen molar-refractivity contribution < 1.29 is 9.59 Å². The normalized spacial score (nSPS) is 21.0. The van der Waals surface area contributed by atoms with Crippen molar-refractivity contribution in [3.05, 3.63) is 36.0 Å². The fourth-order valence-corrected chi connectivity index (χ4v) is 3.52. The van der Waals surface area contributed by atoms with Crippen LogP contribution in [0.15, 0.2) is 30.5 Å². The van der Waals surface area contributed by atoms with Crippen molar-refractivity contribution >= 4 is 22.7 Å². The Balaban J connectivity index is 1.46. The third-order valence-corrected chi connectivity index (χ3v) is 5.16. The zero-order valence-corrected chi connectivity index (χ0v) is 13.8. The molecule has 0 unspecified atom stereocenters. The first-order valence-corrected chi connectivity index (χ1v) is 8.85. The minimum Gasteiger partial charge on any atom is -0.361 e. The molecule has 0 spiro atoms. The number of likely N-dealkylation sites (tertiary alicyclic amines) is 1. The zero-order valence-electron chi connectivity index (χ0n) is 13.8. The van der Waals surface area contributed by atoms with E-state index in [4.69, 9.17) is 0 Å². The first kappa shape index (κ1) is 15.2. The second kappa shape index (κ2) is 6.30. The summed E-state index contributed by atoms with van der Waals surface area (Å²) in [6, 6.07) is 7.73. The molecule has 1 saturated heterocycles. The van der Waals surface area contributed by atoms with Crippen molar-refractivity contribution in [2.45, 2.75) is 25.7 Å². The van der Waals surface area contributed by atoms with Gasteiger partial charge in [0, 0.05) is 31.2 Å². The van der Waals surface area contributed by atoms with Gasteiger partial charge in [0.2, 0.25) is 5.91 Å². The number of hydrogen-bond acceptors (Lipinski definition) is 2. The summed E-state index contributed by atoms with van der Waals surface area (Å²) in [5.74, 6) is 0.727. The third-order valence-electron chi connectivity index (χ3n) is 5.16. The molecule has 0 bridgehead atoms. The highest BCUT2D eigenvalue weighted by Gasteiger charge is 2.30. The summed E-state index contributed by atoms with van der Waals surface area (Å²) in [7, 11) is 0. The Morgan fingerprint density at radius 3 is 2.92 bits per heavy atom. The molecule has 1 saturated carbocycles. The fraction of sp³-hybridized carbons (Fsp3) is 0.474. The molecule has 2 aliphatic rings. The average molecular weight is 325 g/mol. The molecule has 1 aromatic heterocycles. The van der Waals surface area contributed by atoms with Gasteiger partial charge in [-0.3, -0.25) is 9.59 Å². The van der Waals surface area contributed by atoms with Crippen LogP contribution in [-0.2, 0) is 4.79 Å². The van der Waals surface area contributed by atoms with E-state index in [0.717, 1.165) is 36.8 Å². The number of aromatic nitrogens is 1. The molecule has 2 N–H and O–H groups in total. The maximum absolute atomic E-state index is 12.9. The number of fused-ring (bicyclic) bond motifs is 1. The average Bonchev–Trinajstić information content (AvgIpc) is 3.33. The van der Waals surface area contributed by atoms with Crippen LogP contribution < -0.4 is 5.32 Å². The van der Waals surface area contributed by atoms with Crippen LogP contribution in [0, 0.1) is 11.8 Å². The minimum absolute atomic E-state index is 0.0164. The van der Waals surface area contributed by atoms with Crippen molar-refractivity contribution in [3.8, 4) is 0 Å². The highest BCUT2D eigenvalue weighted by atomic mass is 16.2. The van der Waals surface area contributed by atoms with Gasteiger partial charge in [0.1, 0.15) is 0 Å². The molecule has 2 heterocycles. The Bertz CT molecular complexity index is 763. The molecule has 1 aliphatic heterocycles. The van der Waals surface area contributed by atoms with E-state index in [1.807, 2.05) is 35.4 Å². The predicted molar refractivity (Wildman–Crippen MR) is 92.7 cm³/mol. The van der Waals surface area contributed by atoms with E-state index in [-0.39, 0.29) is 17.7 Å². The van der Waals surface area contributed by atoms with Gasteiger partial charge in [-0.15, -0.1) is 0 Å². The number of para-hydroxylation sites is 1. The molecule has 1 aromatic carbocycles. The molecule has 0 radical (unpaired) electrons. The number of carbonyl (C=O) groups is 2. The molecule has 1 aliphatic carbocycles. The van der Waals surface area contributed by atoms with E-state index in [9.17, 15) is 9.59 Å². The molecule has 1 atom stereocenters. The van der Waals surface area contributed by atoms with E-state index >= 15 is 0 Å². The van der Waals surface area contributed by atoms with Crippen LogP contribution in [-0.4, -0.2) is 41.3 Å². The number of nitrogens with one attached hydrogen (secondary N) is 2. The van der Waals surface area contributed by atoms with Crippen molar-refractivity contribution in [3.63, 3.8) is 0 Å². The van der Waals surface area contributed by atoms with Gasteiger partial charge in [-0.2, -0.15) is 0 Å². The number of rotatable bonds is 4. The lowest BCUT2D eigenvalue weighted by Crippen LogP contribution is -2.45. The highest BCUT2D eigenvalue weighted by molar-refractivity contribution is 6.05. The lowest BCUT2D eigenvalue weighted by Gasteiger charge is -2.32. The van der Waals surface area contributed by atoms with E-state index in [0.29, 0.717) is 18.0 Å². The van der Waals surface area contributed by atoms with Gasteiger partial charge in [-0.05, 0) is 43.7 Å². The van der Waals surface area contributed by atoms with Crippen LogP contribution in [0.2, 0.25) is 0 Å². The molecule has 126 valence electrons. The molecule has 2 fully saturated rings. The number of aromatic amines is 1. The largest absolute Gasteiger partial charge is 0.361 e. The molecule has 2 aromatic rings. The number of nitrogens with zero attached hydrogens (tertiary/aromatic N) is 1. The van der Waals surface area contributed by atoms with Crippen molar-refractivity contribution in [2.24, 2.45) is 11.8 Å². The smallest absolute Gasteiger partial charge is 0.256 e. The number of benzene rings is 1. The first-order chi connectivity index (χ1) is 11.7. The Kier molecular flexibility index (Phi) is 4.00. The fourth-order valence-electron chi connectivity index (χ4n) is 3.52.